The maximum absolute atomic E-state index is 13.2. The number of amides is 3. The lowest BCUT2D eigenvalue weighted by Crippen LogP contribution is -2.46. The number of likely N-dealkylation sites (tertiary alicyclic amines) is 1. The molecule has 1 aromatic carbocycles. The lowest BCUT2D eigenvalue weighted by Gasteiger charge is -2.29. The van der Waals surface area contributed by atoms with Crippen molar-refractivity contribution in [3.8, 4) is 0 Å². The number of hydrogen-bond donors (Lipinski definition) is 2. The first-order valence-corrected chi connectivity index (χ1v) is 15.0. The Hall–Kier alpha value is -2.69. The van der Waals surface area contributed by atoms with Gasteiger partial charge in [-0.1, -0.05) is 49.8 Å². The SMILES string of the molecule is CCOC(=O)CN(Cc1ccc(Cl)cc1CN1CC(C2CCCCC2)C[C@H]1C(=O)NC(=O)CN)C(=O)OC(C)(C)C. The molecule has 2 atom stereocenters. The van der Waals surface area contributed by atoms with E-state index in [0.29, 0.717) is 36.4 Å². The van der Waals surface area contributed by atoms with E-state index in [-0.39, 0.29) is 32.1 Å². The Labute approximate surface area is 248 Å². The number of nitrogens with one attached hydrogen (secondary N) is 1. The Morgan fingerprint density at radius 1 is 1.10 bits per heavy atom. The van der Waals surface area contributed by atoms with Crippen LogP contribution in [-0.2, 0) is 36.9 Å². The van der Waals surface area contributed by atoms with Crippen LogP contribution in [0.15, 0.2) is 18.2 Å². The summed E-state index contributed by atoms with van der Waals surface area (Å²) < 4.78 is 10.7. The summed E-state index contributed by atoms with van der Waals surface area (Å²) in [6.07, 6.45) is 5.96. The fraction of sp³-hybridized carbons (Fsp3) is 0.667. The van der Waals surface area contributed by atoms with Crippen molar-refractivity contribution in [3.63, 3.8) is 0 Å². The number of nitrogens with two attached hydrogens (primary N) is 1. The van der Waals surface area contributed by atoms with Gasteiger partial charge in [-0.15, -0.1) is 0 Å². The molecule has 1 aromatic rings. The fourth-order valence-corrected chi connectivity index (χ4v) is 5.99. The normalized spacial score (nSPS) is 20.0. The molecule has 228 valence electrons. The van der Waals surface area contributed by atoms with Gasteiger partial charge in [0.25, 0.3) is 0 Å². The molecule has 0 aromatic heterocycles. The molecule has 3 amide bonds. The number of halogens is 1. The van der Waals surface area contributed by atoms with Crippen molar-refractivity contribution in [2.75, 3.05) is 26.2 Å². The summed E-state index contributed by atoms with van der Waals surface area (Å²) in [4.78, 5) is 54.0. The number of carbonyl (C=O) groups excluding carboxylic acids is 4. The quantitative estimate of drug-likeness (QED) is 0.390. The van der Waals surface area contributed by atoms with Crippen LogP contribution in [0.25, 0.3) is 0 Å². The molecule has 11 heteroatoms. The van der Waals surface area contributed by atoms with Crippen molar-refractivity contribution in [2.45, 2.75) is 91.0 Å². The summed E-state index contributed by atoms with van der Waals surface area (Å²) in [5, 5.41) is 2.96. The van der Waals surface area contributed by atoms with Crippen LogP contribution in [0.5, 0.6) is 0 Å². The van der Waals surface area contributed by atoms with Crippen molar-refractivity contribution in [1.82, 2.24) is 15.1 Å². The van der Waals surface area contributed by atoms with Gasteiger partial charge in [0, 0.05) is 24.7 Å². The number of imide groups is 1. The molecule has 41 heavy (non-hydrogen) atoms. The molecule has 1 heterocycles. The maximum atomic E-state index is 13.2. The monoisotopic (exact) mass is 592 g/mol. The number of carbonyl (C=O) groups is 4. The number of esters is 1. The van der Waals surface area contributed by atoms with Crippen LogP contribution in [0.3, 0.4) is 0 Å². The molecule has 0 radical (unpaired) electrons. The molecule has 10 nitrogen and oxygen atoms in total. The highest BCUT2D eigenvalue weighted by molar-refractivity contribution is 6.30. The van der Waals surface area contributed by atoms with Gasteiger partial charge in [0.2, 0.25) is 11.8 Å². The first kappa shape index (κ1) is 32.8. The number of rotatable bonds is 10. The zero-order valence-electron chi connectivity index (χ0n) is 24.7. The van der Waals surface area contributed by atoms with E-state index >= 15 is 0 Å². The van der Waals surface area contributed by atoms with Crippen molar-refractivity contribution in [1.29, 1.82) is 0 Å². The first-order valence-electron chi connectivity index (χ1n) is 14.6. The van der Waals surface area contributed by atoms with Crippen LogP contribution in [0, 0.1) is 11.8 Å². The molecule has 0 spiro atoms. The molecule has 1 saturated carbocycles. The van der Waals surface area contributed by atoms with Crippen LogP contribution >= 0.6 is 11.6 Å². The van der Waals surface area contributed by atoms with Gasteiger partial charge in [-0.3, -0.25) is 29.5 Å². The van der Waals surface area contributed by atoms with Crippen LogP contribution in [0.1, 0.15) is 77.3 Å². The highest BCUT2D eigenvalue weighted by Gasteiger charge is 2.41. The van der Waals surface area contributed by atoms with Crippen LogP contribution in [0.4, 0.5) is 4.79 Å². The van der Waals surface area contributed by atoms with Gasteiger partial charge in [0.05, 0.1) is 19.2 Å². The summed E-state index contributed by atoms with van der Waals surface area (Å²) in [5.41, 5.74) is 6.29. The first-order chi connectivity index (χ1) is 19.4. The third-order valence-corrected chi connectivity index (χ3v) is 7.92. The van der Waals surface area contributed by atoms with Crippen molar-refractivity contribution in [2.24, 2.45) is 17.6 Å². The van der Waals surface area contributed by atoms with E-state index in [1.807, 2.05) is 12.1 Å². The van der Waals surface area contributed by atoms with Gasteiger partial charge in [-0.2, -0.15) is 0 Å². The van der Waals surface area contributed by atoms with Gasteiger partial charge in [-0.25, -0.2) is 4.79 Å². The summed E-state index contributed by atoms with van der Waals surface area (Å²) in [6, 6.07) is 4.88. The molecule has 3 rings (SSSR count). The third kappa shape index (κ3) is 9.97. The van der Waals surface area contributed by atoms with E-state index in [0.717, 1.165) is 24.0 Å². The number of ether oxygens (including phenoxy) is 2. The second-order valence-electron chi connectivity index (χ2n) is 12.0. The highest BCUT2D eigenvalue weighted by Crippen LogP contribution is 2.38. The van der Waals surface area contributed by atoms with Gasteiger partial charge >= 0.3 is 12.1 Å². The number of hydrogen-bond acceptors (Lipinski definition) is 8. The predicted molar refractivity (Wildman–Crippen MR) is 156 cm³/mol. The Morgan fingerprint density at radius 3 is 2.44 bits per heavy atom. The van der Waals surface area contributed by atoms with Crippen LogP contribution in [0.2, 0.25) is 5.02 Å². The van der Waals surface area contributed by atoms with E-state index in [1.54, 1.807) is 33.8 Å². The van der Waals surface area contributed by atoms with Gasteiger partial charge in [0.1, 0.15) is 12.1 Å². The van der Waals surface area contributed by atoms with Crippen LogP contribution in [-0.4, -0.2) is 71.6 Å². The topological polar surface area (TPSA) is 131 Å². The minimum atomic E-state index is -0.752. The lowest BCUT2D eigenvalue weighted by atomic mass is 9.79. The minimum Gasteiger partial charge on any atom is -0.465 e. The van der Waals surface area contributed by atoms with Crippen molar-refractivity contribution in [3.05, 3.63) is 34.3 Å². The summed E-state index contributed by atoms with van der Waals surface area (Å²) in [6.45, 7) is 7.84. The Balaban J connectivity index is 1.87. The second kappa shape index (κ2) is 15.0. The molecule has 2 aliphatic rings. The predicted octanol–water partition coefficient (Wildman–Crippen LogP) is 4.01. The number of benzene rings is 1. The van der Waals surface area contributed by atoms with Gasteiger partial charge in [-0.05, 0) is 69.2 Å². The summed E-state index contributed by atoms with van der Waals surface area (Å²) >= 11 is 6.42. The summed E-state index contributed by atoms with van der Waals surface area (Å²) in [7, 11) is 0. The standard InChI is InChI=1S/C30H45ClN4O6/c1-5-40-27(37)19-35(29(39)41-30(2,3)4)16-21-11-12-24(31)13-22(21)17-34-18-23(20-9-7-6-8-10-20)14-25(34)28(38)33-26(36)15-32/h11-13,20,23,25H,5-10,14-19,32H2,1-4H3,(H,33,36,38)/t23?,25-/m0/s1. The molecule has 1 unspecified atom stereocenters. The Bertz CT molecular complexity index is 1090. The minimum absolute atomic E-state index is 0.0860. The third-order valence-electron chi connectivity index (χ3n) is 7.68. The van der Waals surface area contributed by atoms with Crippen LogP contribution < -0.4 is 11.1 Å². The zero-order chi connectivity index (χ0) is 30.2. The Kier molecular flexibility index (Phi) is 12.0. The van der Waals surface area contributed by atoms with Gasteiger partial charge < -0.3 is 15.2 Å². The highest BCUT2D eigenvalue weighted by atomic mass is 35.5. The second-order valence-corrected chi connectivity index (χ2v) is 12.4. The molecule has 1 aliphatic heterocycles. The largest absolute Gasteiger partial charge is 0.465 e. The molecule has 0 bridgehead atoms. The Morgan fingerprint density at radius 2 is 1.80 bits per heavy atom. The number of nitrogens with zero attached hydrogens (tertiary/aromatic N) is 2. The molecule has 2 fully saturated rings. The molecular formula is C30H45ClN4O6. The van der Waals surface area contributed by atoms with E-state index in [4.69, 9.17) is 26.8 Å². The zero-order valence-corrected chi connectivity index (χ0v) is 25.5. The van der Waals surface area contributed by atoms with E-state index in [9.17, 15) is 19.2 Å². The van der Waals surface area contributed by atoms with E-state index < -0.39 is 29.6 Å². The molecule has 3 N–H and O–H groups in total. The average molecular weight is 593 g/mol. The van der Waals surface area contributed by atoms with E-state index in [1.165, 1.54) is 24.2 Å². The fourth-order valence-electron chi connectivity index (χ4n) is 5.80. The summed E-state index contributed by atoms with van der Waals surface area (Å²) in [5.74, 6) is -0.513. The van der Waals surface area contributed by atoms with Gasteiger partial charge in [0.15, 0.2) is 0 Å². The molecule has 1 aliphatic carbocycles. The average Bonchev–Trinajstić information content (AvgIpc) is 3.33. The van der Waals surface area contributed by atoms with Crippen molar-refractivity contribution >= 4 is 35.5 Å². The van der Waals surface area contributed by atoms with E-state index in [2.05, 4.69) is 10.2 Å². The van der Waals surface area contributed by atoms with Crippen molar-refractivity contribution < 1.29 is 28.7 Å². The smallest absolute Gasteiger partial charge is 0.411 e. The maximum Gasteiger partial charge on any atom is 0.411 e. The molecule has 1 saturated heterocycles. The molecular weight excluding hydrogens is 548 g/mol. The lowest BCUT2D eigenvalue weighted by molar-refractivity contribution is -0.144.